The van der Waals surface area contributed by atoms with Crippen LogP contribution < -0.4 is 5.32 Å². The van der Waals surface area contributed by atoms with Gasteiger partial charge in [-0.25, -0.2) is 9.97 Å². The standard InChI is InChI=1S/C14H17N3/c1-10-4-5-11(2)12(8-10)13-6-7-16-14(17-13)9-15-3/h4-8,15H,9H2,1-3H3. The van der Waals surface area contributed by atoms with Crippen LogP contribution in [0.3, 0.4) is 0 Å². The summed E-state index contributed by atoms with van der Waals surface area (Å²) >= 11 is 0. The lowest BCUT2D eigenvalue weighted by molar-refractivity contribution is 0.759. The number of nitrogens with one attached hydrogen (secondary N) is 1. The Hall–Kier alpha value is -1.74. The summed E-state index contributed by atoms with van der Waals surface area (Å²) in [6.45, 7) is 4.89. The number of rotatable bonds is 3. The number of aryl methyl sites for hydroxylation is 2. The van der Waals surface area contributed by atoms with Gasteiger partial charge in [0, 0.05) is 11.8 Å². The summed E-state index contributed by atoms with van der Waals surface area (Å²) in [5, 5.41) is 3.06. The summed E-state index contributed by atoms with van der Waals surface area (Å²) in [5.74, 6) is 0.825. The van der Waals surface area contributed by atoms with Crippen molar-refractivity contribution >= 4 is 0 Å². The first-order chi connectivity index (χ1) is 8.20. The zero-order chi connectivity index (χ0) is 12.3. The quantitative estimate of drug-likeness (QED) is 0.875. The SMILES string of the molecule is CNCc1nccc(-c2cc(C)ccc2C)n1. The third-order valence-corrected chi connectivity index (χ3v) is 2.71. The van der Waals surface area contributed by atoms with E-state index in [1.165, 1.54) is 16.7 Å². The third kappa shape index (κ3) is 2.68. The van der Waals surface area contributed by atoms with Crippen molar-refractivity contribution in [3.63, 3.8) is 0 Å². The molecule has 0 aliphatic rings. The molecule has 17 heavy (non-hydrogen) atoms. The number of hydrogen-bond acceptors (Lipinski definition) is 3. The van der Waals surface area contributed by atoms with E-state index >= 15 is 0 Å². The molecule has 0 unspecified atom stereocenters. The van der Waals surface area contributed by atoms with Crippen molar-refractivity contribution in [1.29, 1.82) is 0 Å². The van der Waals surface area contributed by atoms with Crippen LogP contribution in [0.5, 0.6) is 0 Å². The maximum absolute atomic E-state index is 4.56. The van der Waals surface area contributed by atoms with Crippen molar-refractivity contribution < 1.29 is 0 Å². The van der Waals surface area contributed by atoms with Gasteiger partial charge < -0.3 is 5.32 Å². The largest absolute Gasteiger partial charge is 0.313 e. The molecule has 0 amide bonds. The van der Waals surface area contributed by atoms with Crippen LogP contribution in [0.2, 0.25) is 0 Å². The molecule has 0 saturated carbocycles. The van der Waals surface area contributed by atoms with E-state index in [2.05, 4.69) is 47.3 Å². The molecule has 0 fully saturated rings. The predicted molar refractivity (Wildman–Crippen MR) is 69.7 cm³/mol. The first-order valence-electron chi connectivity index (χ1n) is 5.75. The van der Waals surface area contributed by atoms with Crippen molar-refractivity contribution in [2.45, 2.75) is 20.4 Å². The third-order valence-electron chi connectivity index (χ3n) is 2.71. The summed E-state index contributed by atoms with van der Waals surface area (Å²) in [7, 11) is 1.90. The summed E-state index contributed by atoms with van der Waals surface area (Å²) < 4.78 is 0. The normalized spacial score (nSPS) is 10.5. The Morgan fingerprint density at radius 3 is 2.76 bits per heavy atom. The summed E-state index contributed by atoms with van der Waals surface area (Å²) in [6, 6.07) is 8.38. The van der Waals surface area contributed by atoms with Gasteiger partial charge in [-0.3, -0.25) is 0 Å². The lowest BCUT2D eigenvalue weighted by Gasteiger charge is -2.07. The zero-order valence-corrected chi connectivity index (χ0v) is 10.5. The van der Waals surface area contributed by atoms with Gasteiger partial charge in [0.25, 0.3) is 0 Å². The molecule has 88 valence electrons. The average molecular weight is 227 g/mol. The molecule has 0 aliphatic carbocycles. The Morgan fingerprint density at radius 1 is 1.18 bits per heavy atom. The molecule has 0 saturated heterocycles. The van der Waals surface area contributed by atoms with Crippen molar-refractivity contribution in [3.05, 3.63) is 47.4 Å². The van der Waals surface area contributed by atoms with Crippen molar-refractivity contribution in [2.24, 2.45) is 0 Å². The molecule has 0 spiro atoms. The molecular weight excluding hydrogens is 210 g/mol. The zero-order valence-electron chi connectivity index (χ0n) is 10.5. The monoisotopic (exact) mass is 227 g/mol. The lowest BCUT2D eigenvalue weighted by Crippen LogP contribution is -2.09. The molecule has 0 atom stereocenters. The Balaban J connectivity index is 2.45. The minimum atomic E-state index is 0.693. The van der Waals surface area contributed by atoms with Crippen LogP contribution >= 0.6 is 0 Å². The molecule has 0 radical (unpaired) electrons. The van der Waals surface area contributed by atoms with Gasteiger partial charge in [0.2, 0.25) is 0 Å². The van der Waals surface area contributed by atoms with Crippen molar-refractivity contribution in [3.8, 4) is 11.3 Å². The summed E-state index contributed by atoms with van der Waals surface area (Å²) in [5.41, 5.74) is 4.67. The van der Waals surface area contributed by atoms with E-state index in [1.807, 2.05) is 19.3 Å². The van der Waals surface area contributed by atoms with Crippen LogP contribution in [0.4, 0.5) is 0 Å². The highest BCUT2D eigenvalue weighted by Crippen LogP contribution is 2.22. The van der Waals surface area contributed by atoms with Gasteiger partial charge in [0.15, 0.2) is 0 Å². The Labute approximate surface area is 102 Å². The van der Waals surface area contributed by atoms with Crippen LogP contribution in [-0.4, -0.2) is 17.0 Å². The molecule has 3 nitrogen and oxygen atoms in total. The molecule has 1 heterocycles. The maximum Gasteiger partial charge on any atom is 0.142 e. The van der Waals surface area contributed by atoms with Gasteiger partial charge in [-0.2, -0.15) is 0 Å². The predicted octanol–water partition coefficient (Wildman–Crippen LogP) is 2.48. The Morgan fingerprint density at radius 2 is 2.00 bits per heavy atom. The highest BCUT2D eigenvalue weighted by molar-refractivity contribution is 5.63. The number of aromatic nitrogens is 2. The molecule has 3 heteroatoms. The molecule has 0 bridgehead atoms. The van der Waals surface area contributed by atoms with Crippen LogP contribution in [-0.2, 0) is 6.54 Å². The number of nitrogens with zero attached hydrogens (tertiary/aromatic N) is 2. The second kappa shape index (κ2) is 5.06. The van der Waals surface area contributed by atoms with Gasteiger partial charge in [-0.05, 0) is 38.6 Å². The second-order valence-electron chi connectivity index (χ2n) is 4.21. The molecule has 1 N–H and O–H groups in total. The van der Waals surface area contributed by atoms with E-state index < -0.39 is 0 Å². The van der Waals surface area contributed by atoms with Crippen molar-refractivity contribution in [1.82, 2.24) is 15.3 Å². The van der Waals surface area contributed by atoms with E-state index in [1.54, 1.807) is 0 Å². The number of hydrogen-bond donors (Lipinski definition) is 1. The first kappa shape index (κ1) is 11.7. The van der Waals surface area contributed by atoms with E-state index in [0.29, 0.717) is 6.54 Å². The summed E-state index contributed by atoms with van der Waals surface area (Å²) in [6.07, 6.45) is 1.82. The highest BCUT2D eigenvalue weighted by atomic mass is 14.9. The minimum Gasteiger partial charge on any atom is -0.313 e. The lowest BCUT2D eigenvalue weighted by atomic mass is 10.0. The van der Waals surface area contributed by atoms with Crippen LogP contribution in [0.1, 0.15) is 17.0 Å². The van der Waals surface area contributed by atoms with Crippen molar-refractivity contribution in [2.75, 3.05) is 7.05 Å². The highest BCUT2D eigenvalue weighted by Gasteiger charge is 2.05. The minimum absolute atomic E-state index is 0.693. The second-order valence-corrected chi connectivity index (χ2v) is 4.21. The van der Waals surface area contributed by atoms with E-state index in [9.17, 15) is 0 Å². The van der Waals surface area contributed by atoms with Gasteiger partial charge in [0.1, 0.15) is 5.82 Å². The van der Waals surface area contributed by atoms with Gasteiger partial charge in [-0.1, -0.05) is 17.7 Å². The molecular formula is C14H17N3. The fraction of sp³-hybridized carbons (Fsp3) is 0.286. The van der Waals surface area contributed by atoms with E-state index in [4.69, 9.17) is 0 Å². The van der Waals surface area contributed by atoms with Gasteiger partial charge in [0.05, 0.1) is 12.2 Å². The molecule has 2 aromatic rings. The fourth-order valence-corrected chi connectivity index (χ4v) is 1.80. The Kier molecular flexibility index (Phi) is 3.49. The number of benzene rings is 1. The summed E-state index contributed by atoms with van der Waals surface area (Å²) in [4.78, 5) is 8.79. The van der Waals surface area contributed by atoms with Gasteiger partial charge in [-0.15, -0.1) is 0 Å². The molecule has 0 aliphatic heterocycles. The Bertz CT molecular complexity index is 521. The average Bonchev–Trinajstić information content (AvgIpc) is 2.33. The van der Waals surface area contributed by atoms with Crippen LogP contribution in [0, 0.1) is 13.8 Å². The molecule has 1 aromatic heterocycles. The van der Waals surface area contributed by atoms with Gasteiger partial charge >= 0.3 is 0 Å². The topological polar surface area (TPSA) is 37.8 Å². The molecule has 2 rings (SSSR count). The van der Waals surface area contributed by atoms with E-state index in [-0.39, 0.29) is 0 Å². The van der Waals surface area contributed by atoms with Crippen LogP contribution in [0.25, 0.3) is 11.3 Å². The molecule has 1 aromatic carbocycles. The fourth-order valence-electron chi connectivity index (χ4n) is 1.80. The van der Waals surface area contributed by atoms with Crippen LogP contribution in [0.15, 0.2) is 30.5 Å². The maximum atomic E-state index is 4.56. The smallest absolute Gasteiger partial charge is 0.142 e. The van der Waals surface area contributed by atoms with E-state index in [0.717, 1.165) is 11.5 Å². The first-order valence-corrected chi connectivity index (χ1v) is 5.75.